The summed E-state index contributed by atoms with van der Waals surface area (Å²) in [4.78, 5) is 0. The first kappa shape index (κ1) is 14.3. The fourth-order valence-electron chi connectivity index (χ4n) is 2.85. The number of rotatable bonds is 3. The predicted octanol–water partition coefficient (Wildman–Crippen LogP) is 4.43. The van der Waals surface area contributed by atoms with E-state index in [1.165, 1.54) is 31.2 Å². The Morgan fingerprint density at radius 2 is 2.00 bits per heavy atom. The molecule has 0 radical (unpaired) electrons. The Hall–Kier alpha value is -0.0900. The van der Waals surface area contributed by atoms with Crippen LogP contribution in [0.25, 0.3) is 0 Å². The van der Waals surface area contributed by atoms with Gasteiger partial charge in [-0.2, -0.15) is 0 Å². The number of nitrogens with one attached hydrogen (secondary N) is 1. The van der Waals surface area contributed by atoms with E-state index in [2.05, 4.69) is 28.3 Å². The summed E-state index contributed by atoms with van der Waals surface area (Å²) >= 11 is 9.69. The molecule has 1 atom stereocenters. The van der Waals surface area contributed by atoms with Gasteiger partial charge in [-0.3, -0.25) is 11.3 Å². The maximum Gasteiger partial charge on any atom is 0.0499 e. The Labute approximate surface area is 122 Å². The van der Waals surface area contributed by atoms with Crippen molar-refractivity contribution in [3.63, 3.8) is 0 Å². The number of benzene rings is 1. The quantitative estimate of drug-likeness (QED) is 0.635. The second-order valence-electron chi connectivity index (χ2n) is 5.33. The number of nitrogens with two attached hydrogens (primary N) is 1. The molecule has 1 aliphatic rings. The van der Waals surface area contributed by atoms with E-state index in [1.54, 1.807) is 0 Å². The molecule has 0 bridgehead atoms. The van der Waals surface area contributed by atoms with Crippen LogP contribution in [-0.2, 0) is 0 Å². The maximum absolute atomic E-state index is 6.09. The van der Waals surface area contributed by atoms with E-state index in [0.717, 1.165) is 15.4 Å². The Morgan fingerprint density at radius 3 is 2.61 bits per heavy atom. The van der Waals surface area contributed by atoms with Gasteiger partial charge in [0, 0.05) is 15.5 Å². The van der Waals surface area contributed by atoms with Gasteiger partial charge in [-0.05, 0) is 48.4 Å². The standard InChI is InChI=1S/C14H20BrClN2/c1-9-2-4-10(5-3-9)14(18-17)12-8-11(16)6-7-13(12)15/h6-10,14,18H,2-5,17H2,1H3. The lowest BCUT2D eigenvalue weighted by atomic mass is 9.77. The topological polar surface area (TPSA) is 38.0 Å². The first-order valence-electron chi connectivity index (χ1n) is 6.53. The monoisotopic (exact) mass is 330 g/mol. The Balaban J connectivity index is 2.19. The first-order chi connectivity index (χ1) is 8.61. The summed E-state index contributed by atoms with van der Waals surface area (Å²) in [5, 5.41) is 0.762. The van der Waals surface area contributed by atoms with Gasteiger partial charge in [-0.15, -0.1) is 0 Å². The van der Waals surface area contributed by atoms with Crippen LogP contribution in [0.4, 0.5) is 0 Å². The highest BCUT2D eigenvalue weighted by Crippen LogP contribution is 2.39. The van der Waals surface area contributed by atoms with E-state index < -0.39 is 0 Å². The molecule has 0 aliphatic heterocycles. The summed E-state index contributed by atoms with van der Waals surface area (Å²) in [7, 11) is 0. The minimum atomic E-state index is 0.186. The number of hydrazine groups is 1. The van der Waals surface area contributed by atoms with E-state index in [1.807, 2.05) is 18.2 Å². The summed E-state index contributed by atoms with van der Waals surface area (Å²) in [6.07, 6.45) is 5.05. The summed E-state index contributed by atoms with van der Waals surface area (Å²) in [6, 6.07) is 6.08. The van der Waals surface area contributed by atoms with Crippen LogP contribution in [0.2, 0.25) is 5.02 Å². The molecular formula is C14H20BrClN2. The summed E-state index contributed by atoms with van der Waals surface area (Å²) < 4.78 is 1.08. The molecule has 1 aromatic carbocycles. The molecule has 1 fully saturated rings. The molecule has 1 aliphatic carbocycles. The molecule has 0 heterocycles. The van der Waals surface area contributed by atoms with Gasteiger partial charge in [-0.25, -0.2) is 0 Å². The fourth-order valence-corrected chi connectivity index (χ4v) is 3.53. The van der Waals surface area contributed by atoms with Gasteiger partial charge < -0.3 is 0 Å². The molecule has 1 aromatic rings. The van der Waals surface area contributed by atoms with Crippen LogP contribution in [0.15, 0.2) is 22.7 Å². The smallest absolute Gasteiger partial charge is 0.0499 e. The van der Waals surface area contributed by atoms with Crippen molar-refractivity contribution in [1.29, 1.82) is 0 Å². The minimum Gasteiger partial charge on any atom is -0.271 e. The summed E-state index contributed by atoms with van der Waals surface area (Å²) in [5.41, 5.74) is 4.15. The molecule has 4 heteroatoms. The van der Waals surface area contributed by atoms with Crippen molar-refractivity contribution < 1.29 is 0 Å². The van der Waals surface area contributed by atoms with Crippen molar-refractivity contribution in [3.8, 4) is 0 Å². The maximum atomic E-state index is 6.09. The fraction of sp³-hybridized carbons (Fsp3) is 0.571. The molecule has 2 rings (SSSR count). The zero-order valence-electron chi connectivity index (χ0n) is 10.6. The van der Waals surface area contributed by atoms with E-state index in [0.29, 0.717) is 5.92 Å². The molecule has 0 aromatic heterocycles. The van der Waals surface area contributed by atoms with Crippen LogP contribution < -0.4 is 11.3 Å². The van der Waals surface area contributed by atoms with Crippen molar-refractivity contribution in [2.75, 3.05) is 0 Å². The largest absolute Gasteiger partial charge is 0.271 e. The lowest BCUT2D eigenvalue weighted by Gasteiger charge is -2.33. The van der Waals surface area contributed by atoms with Gasteiger partial charge in [0.25, 0.3) is 0 Å². The van der Waals surface area contributed by atoms with E-state index in [9.17, 15) is 0 Å². The van der Waals surface area contributed by atoms with Gasteiger partial charge in [0.05, 0.1) is 0 Å². The second-order valence-corrected chi connectivity index (χ2v) is 6.62. The highest BCUT2D eigenvalue weighted by molar-refractivity contribution is 9.10. The van der Waals surface area contributed by atoms with Crippen molar-refractivity contribution >= 4 is 27.5 Å². The second kappa shape index (κ2) is 6.38. The van der Waals surface area contributed by atoms with Gasteiger partial charge in [0.15, 0.2) is 0 Å². The lowest BCUT2D eigenvalue weighted by Crippen LogP contribution is -2.35. The zero-order chi connectivity index (χ0) is 13.1. The molecule has 0 spiro atoms. The van der Waals surface area contributed by atoms with Crippen LogP contribution >= 0.6 is 27.5 Å². The van der Waals surface area contributed by atoms with Crippen LogP contribution in [0.3, 0.4) is 0 Å². The molecule has 100 valence electrons. The third kappa shape index (κ3) is 3.27. The first-order valence-corrected chi connectivity index (χ1v) is 7.70. The SMILES string of the molecule is CC1CCC(C(NN)c2cc(Cl)ccc2Br)CC1. The zero-order valence-corrected chi connectivity index (χ0v) is 13.0. The van der Waals surface area contributed by atoms with E-state index in [-0.39, 0.29) is 6.04 Å². The predicted molar refractivity (Wildman–Crippen MR) is 80.3 cm³/mol. The Morgan fingerprint density at radius 1 is 1.33 bits per heavy atom. The average molecular weight is 332 g/mol. The Bertz CT molecular complexity index is 403. The van der Waals surface area contributed by atoms with Crippen molar-refractivity contribution in [2.24, 2.45) is 17.7 Å². The lowest BCUT2D eigenvalue weighted by molar-refractivity contribution is 0.232. The normalized spacial score (nSPS) is 26.0. The van der Waals surface area contributed by atoms with E-state index >= 15 is 0 Å². The third-order valence-electron chi connectivity index (χ3n) is 4.00. The van der Waals surface area contributed by atoms with Crippen LogP contribution in [0.5, 0.6) is 0 Å². The number of hydrogen-bond donors (Lipinski definition) is 2. The van der Waals surface area contributed by atoms with Crippen molar-refractivity contribution in [1.82, 2.24) is 5.43 Å². The molecule has 1 saturated carbocycles. The number of halogens is 2. The Kier molecular flexibility index (Phi) is 5.07. The average Bonchev–Trinajstić information content (AvgIpc) is 2.37. The van der Waals surface area contributed by atoms with Gasteiger partial charge >= 0.3 is 0 Å². The molecule has 2 nitrogen and oxygen atoms in total. The minimum absolute atomic E-state index is 0.186. The molecule has 1 unspecified atom stereocenters. The van der Waals surface area contributed by atoms with Crippen molar-refractivity contribution in [2.45, 2.75) is 38.6 Å². The summed E-state index contributed by atoms with van der Waals surface area (Å²) in [6.45, 7) is 2.33. The molecule has 0 saturated heterocycles. The molecule has 18 heavy (non-hydrogen) atoms. The van der Waals surface area contributed by atoms with Gasteiger partial charge in [-0.1, -0.05) is 47.3 Å². The van der Waals surface area contributed by atoms with Crippen molar-refractivity contribution in [3.05, 3.63) is 33.3 Å². The van der Waals surface area contributed by atoms with Crippen LogP contribution in [0.1, 0.15) is 44.2 Å². The van der Waals surface area contributed by atoms with Crippen LogP contribution in [-0.4, -0.2) is 0 Å². The highest BCUT2D eigenvalue weighted by atomic mass is 79.9. The molecular weight excluding hydrogens is 312 g/mol. The molecule has 0 amide bonds. The van der Waals surface area contributed by atoms with Gasteiger partial charge in [0.1, 0.15) is 0 Å². The van der Waals surface area contributed by atoms with Crippen LogP contribution in [0, 0.1) is 11.8 Å². The van der Waals surface area contributed by atoms with Gasteiger partial charge in [0.2, 0.25) is 0 Å². The van der Waals surface area contributed by atoms with E-state index in [4.69, 9.17) is 17.4 Å². The summed E-state index contributed by atoms with van der Waals surface area (Å²) in [5.74, 6) is 7.22. The molecule has 3 N–H and O–H groups in total. The number of hydrogen-bond acceptors (Lipinski definition) is 2. The third-order valence-corrected chi connectivity index (χ3v) is 4.96. The highest BCUT2D eigenvalue weighted by Gasteiger charge is 2.27.